The Kier molecular flexibility index (Phi) is 1.84. The van der Waals surface area contributed by atoms with Gasteiger partial charge in [0.25, 0.3) is 0 Å². The molecule has 3 aliphatic rings. The Bertz CT molecular complexity index is 428. The first kappa shape index (κ1) is 8.25. The maximum Gasteiger partial charge on any atom is 0.187 e. The molecule has 0 aromatic heterocycles. The maximum atomic E-state index is 9.60. The Hall–Kier alpha value is -0.870. The van der Waals surface area contributed by atoms with Crippen LogP contribution in [-0.4, -0.2) is 46.6 Å². The van der Waals surface area contributed by atoms with Crippen molar-refractivity contribution in [1.29, 1.82) is 0 Å². The Balaban J connectivity index is 1.87. The number of hydrogen-bond donors (Lipinski definition) is 2. The van der Waals surface area contributed by atoms with Crippen LogP contribution in [0.3, 0.4) is 0 Å². The highest BCUT2D eigenvalue weighted by Gasteiger charge is 2.42. The molecule has 2 fully saturated rings. The molecule has 2 saturated heterocycles. The van der Waals surface area contributed by atoms with Crippen molar-refractivity contribution in [3.05, 3.63) is 12.3 Å². The van der Waals surface area contributed by atoms with E-state index < -0.39 is 12.4 Å². The summed E-state index contributed by atoms with van der Waals surface area (Å²) in [6.07, 6.45) is 4.27. The van der Waals surface area contributed by atoms with Crippen molar-refractivity contribution in [2.45, 2.75) is 43.8 Å². The number of aliphatic hydroxyl groups is 1. The van der Waals surface area contributed by atoms with Gasteiger partial charge in [-0.15, -0.1) is 0 Å². The fourth-order valence-corrected chi connectivity index (χ4v) is 2.94. The number of aliphatic imine (C=N–C) groups is 1. The molecule has 88 valence electrons. The minimum Gasteiger partial charge on any atom is -0.496 e. The zero-order chi connectivity index (χ0) is 13.0. The molecule has 2 bridgehead atoms. The van der Waals surface area contributed by atoms with Gasteiger partial charge in [0.05, 0.1) is 1.37 Å². The highest BCUT2D eigenvalue weighted by Crippen LogP contribution is 2.31. The van der Waals surface area contributed by atoms with Gasteiger partial charge in [0.2, 0.25) is 0 Å². The fourth-order valence-electron chi connectivity index (χ4n) is 2.94. The van der Waals surface area contributed by atoms with Gasteiger partial charge in [-0.2, -0.15) is 0 Å². The molecular formula is C12H19N3O. The second-order valence-electron chi connectivity index (χ2n) is 5.19. The van der Waals surface area contributed by atoms with E-state index in [1.165, 1.54) is 6.20 Å². The van der Waals surface area contributed by atoms with Gasteiger partial charge in [-0.1, -0.05) is 0 Å². The lowest BCUT2D eigenvalue weighted by Gasteiger charge is -2.42. The lowest BCUT2D eigenvalue weighted by molar-refractivity contribution is 0.123. The number of hydrogen-bond acceptors (Lipinski definition) is 3. The van der Waals surface area contributed by atoms with Gasteiger partial charge in [0, 0.05) is 44.7 Å². The first-order valence-corrected chi connectivity index (χ1v) is 5.82. The van der Waals surface area contributed by atoms with Gasteiger partial charge in [-0.25, -0.2) is 4.99 Å². The molecule has 0 spiro atoms. The lowest BCUT2D eigenvalue weighted by Crippen LogP contribution is -2.60. The number of nitrogens with one attached hydrogen (secondary N) is 1. The van der Waals surface area contributed by atoms with Crippen LogP contribution in [0.15, 0.2) is 17.3 Å². The van der Waals surface area contributed by atoms with E-state index in [1.807, 2.05) is 4.90 Å². The molecule has 4 heteroatoms. The Morgan fingerprint density at radius 1 is 1.81 bits per heavy atom. The topological polar surface area (TPSA) is 47.9 Å². The molecule has 4 atom stereocenters. The van der Waals surface area contributed by atoms with Crippen molar-refractivity contribution in [2.24, 2.45) is 4.99 Å². The third kappa shape index (κ3) is 1.76. The minimum atomic E-state index is -1.20. The molecule has 0 aromatic carbocycles. The van der Waals surface area contributed by atoms with Crippen molar-refractivity contribution < 1.29 is 7.85 Å². The number of fused-ring (bicyclic) bond motifs is 2. The van der Waals surface area contributed by atoms with Crippen LogP contribution >= 0.6 is 0 Å². The normalized spacial score (nSPS) is 54.4. The van der Waals surface area contributed by atoms with E-state index in [-0.39, 0.29) is 11.4 Å². The summed E-state index contributed by atoms with van der Waals surface area (Å²) in [7, 11) is 0. The van der Waals surface area contributed by atoms with Crippen LogP contribution in [-0.2, 0) is 0 Å². The van der Waals surface area contributed by atoms with Gasteiger partial charge in [0.1, 0.15) is 0 Å². The van der Waals surface area contributed by atoms with Crippen LogP contribution in [0.1, 0.15) is 28.9 Å². The van der Waals surface area contributed by atoms with Crippen molar-refractivity contribution in [2.75, 3.05) is 13.1 Å². The maximum absolute atomic E-state index is 9.60. The van der Waals surface area contributed by atoms with E-state index >= 15 is 0 Å². The number of piperazine rings is 1. The van der Waals surface area contributed by atoms with Crippen LogP contribution in [0.5, 0.6) is 0 Å². The zero-order valence-corrected chi connectivity index (χ0v) is 9.48. The molecule has 0 saturated carbocycles. The van der Waals surface area contributed by atoms with E-state index in [2.05, 4.69) is 17.2 Å². The monoisotopic (exact) mass is 223 g/mol. The summed E-state index contributed by atoms with van der Waals surface area (Å²) < 4.78 is 16.5. The first-order valence-electron chi connectivity index (χ1n) is 6.90. The van der Waals surface area contributed by atoms with E-state index in [0.717, 1.165) is 25.9 Å². The van der Waals surface area contributed by atoms with Crippen molar-refractivity contribution >= 4 is 5.90 Å². The molecule has 0 amide bonds. The molecule has 0 aromatic rings. The summed E-state index contributed by atoms with van der Waals surface area (Å²) in [6.45, 7) is 3.66. The summed E-state index contributed by atoms with van der Waals surface area (Å²) in [4.78, 5) is 5.71. The minimum absolute atomic E-state index is 0.0364. The van der Waals surface area contributed by atoms with E-state index in [9.17, 15) is 5.11 Å². The van der Waals surface area contributed by atoms with Gasteiger partial charge in [-0.3, -0.25) is 4.90 Å². The van der Waals surface area contributed by atoms with Gasteiger partial charge in [-0.05, 0) is 25.8 Å². The molecule has 2 unspecified atom stereocenters. The second kappa shape index (κ2) is 3.57. The predicted molar refractivity (Wildman–Crippen MR) is 63.7 cm³/mol. The highest BCUT2D eigenvalue weighted by molar-refractivity contribution is 5.76. The summed E-state index contributed by atoms with van der Waals surface area (Å²) in [5.74, 6) is -0.261. The molecule has 0 radical (unpaired) electrons. The van der Waals surface area contributed by atoms with E-state index in [4.69, 9.17) is 2.74 Å². The van der Waals surface area contributed by atoms with Gasteiger partial charge >= 0.3 is 0 Å². The molecule has 3 aliphatic heterocycles. The average Bonchev–Trinajstić information content (AvgIpc) is 2.59. The Labute approximate surface area is 98.9 Å². The molecule has 16 heavy (non-hydrogen) atoms. The Morgan fingerprint density at radius 3 is 3.50 bits per heavy atom. The highest BCUT2D eigenvalue weighted by atomic mass is 16.3. The third-order valence-electron chi connectivity index (χ3n) is 3.67. The quantitative estimate of drug-likeness (QED) is 0.698. The number of aliphatic hydroxyl groups excluding tert-OH is 1. The van der Waals surface area contributed by atoms with Crippen LogP contribution in [0.2, 0.25) is 0 Å². The number of nitrogens with zero attached hydrogens (tertiary/aromatic N) is 2. The SMILES string of the molecule is [2H]C1C(O)=NC=CC1([2H])N1C[C@H]2CC[C@@](C)(C1)N2. The molecular weight excluding hydrogens is 202 g/mol. The third-order valence-corrected chi connectivity index (χ3v) is 3.67. The summed E-state index contributed by atoms with van der Waals surface area (Å²) in [6, 6.07) is -0.801. The number of likely N-dealkylation sites (tertiary alicyclic amines) is 1. The molecule has 0 aliphatic carbocycles. The predicted octanol–water partition coefficient (Wildman–Crippen LogP) is 1.06. The van der Waals surface area contributed by atoms with Crippen LogP contribution in [0, 0.1) is 0 Å². The first-order chi connectivity index (χ1) is 8.43. The summed E-state index contributed by atoms with van der Waals surface area (Å²) in [5.41, 5.74) is 0.0364. The van der Waals surface area contributed by atoms with Gasteiger partial charge < -0.3 is 10.4 Å². The van der Waals surface area contributed by atoms with Crippen molar-refractivity contribution in [3.63, 3.8) is 0 Å². The molecule has 3 rings (SSSR count). The zero-order valence-electron chi connectivity index (χ0n) is 11.5. The van der Waals surface area contributed by atoms with Crippen LogP contribution in [0.25, 0.3) is 0 Å². The van der Waals surface area contributed by atoms with E-state index in [0.29, 0.717) is 6.04 Å². The van der Waals surface area contributed by atoms with Gasteiger partial charge in [0.15, 0.2) is 5.90 Å². The largest absolute Gasteiger partial charge is 0.496 e. The molecule has 2 N–H and O–H groups in total. The number of rotatable bonds is 1. The average molecular weight is 223 g/mol. The smallest absolute Gasteiger partial charge is 0.187 e. The molecule has 3 heterocycles. The van der Waals surface area contributed by atoms with E-state index in [1.54, 1.807) is 6.08 Å². The summed E-state index contributed by atoms with van der Waals surface area (Å²) >= 11 is 0. The fraction of sp³-hybridized carbons (Fsp3) is 0.750. The summed E-state index contributed by atoms with van der Waals surface area (Å²) in [5, 5.41) is 13.2. The van der Waals surface area contributed by atoms with Crippen molar-refractivity contribution in [1.82, 2.24) is 10.2 Å². The van der Waals surface area contributed by atoms with Crippen LogP contribution in [0.4, 0.5) is 0 Å². The lowest BCUT2D eigenvalue weighted by atomic mass is 9.98. The Morgan fingerprint density at radius 2 is 2.69 bits per heavy atom. The van der Waals surface area contributed by atoms with Crippen molar-refractivity contribution in [3.8, 4) is 0 Å². The molecule has 4 nitrogen and oxygen atoms in total. The standard InChI is InChI=1S/C12H19N3O/c1-12-4-2-9(14-12)7-15(8-12)10-3-5-13-11(16)6-10/h3,5,9-10,14H,2,4,6-8H2,1H3,(H,13,16)/t9-,10?,12+/m1/s1/i6D,10D/t6?,9-,10?,12+. The second-order valence-corrected chi connectivity index (χ2v) is 5.19. The van der Waals surface area contributed by atoms with Crippen LogP contribution < -0.4 is 5.32 Å².